The second kappa shape index (κ2) is 4.25. The van der Waals surface area contributed by atoms with Gasteiger partial charge in [-0.25, -0.2) is 9.97 Å². The normalized spacial score (nSPS) is 20.9. The van der Waals surface area contributed by atoms with Gasteiger partial charge in [0.15, 0.2) is 5.82 Å². The molecule has 1 aliphatic heterocycles. The van der Waals surface area contributed by atoms with Gasteiger partial charge in [-0.1, -0.05) is 0 Å². The molecule has 0 aromatic carbocycles. The Morgan fingerprint density at radius 3 is 2.94 bits per heavy atom. The van der Waals surface area contributed by atoms with Crippen molar-refractivity contribution in [2.45, 2.75) is 18.9 Å². The molecule has 5 nitrogen and oxygen atoms in total. The average Bonchev–Trinajstić information content (AvgIpc) is 2.99. The second-order valence-electron chi connectivity index (χ2n) is 4.41. The van der Waals surface area contributed by atoms with Crippen molar-refractivity contribution >= 4 is 0 Å². The van der Waals surface area contributed by atoms with Crippen LogP contribution in [-0.4, -0.2) is 38.0 Å². The Balaban J connectivity index is 1.94. The van der Waals surface area contributed by atoms with Gasteiger partial charge in [0.1, 0.15) is 6.33 Å². The first-order valence-electron chi connectivity index (χ1n) is 5.85. The Kier molecular flexibility index (Phi) is 2.60. The molecule has 3 rings (SSSR count). The maximum Gasteiger partial charge on any atom is 0.156 e. The fourth-order valence-corrected chi connectivity index (χ4v) is 2.33. The van der Waals surface area contributed by atoms with Crippen molar-refractivity contribution in [1.29, 1.82) is 0 Å². The van der Waals surface area contributed by atoms with Gasteiger partial charge >= 0.3 is 0 Å². The largest absolute Gasteiger partial charge is 0.298 e. The summed E-state index contributed by atoms with van der Waals surface area (Å²) in [5.41, 5.74) is 1.05. The average molecular weight is 229 g/mol. The van der Waals surface area contributed by atoms with Gasteiger partial charge in [-0.15, -0.1) is 0 Å². The minimum atomic E-state index is 0.408. The van der Waals surface area contributed by atoms with E-state index in [1.165, 1.54) is 12.8 Å². The number of imidazole rings is 1. The molecule has 2 aromatic rings. The lowest BCUT2D eigenvalue weighted by Gasteiger charge is -2.18. The highest BCUT2D eigenvalue weighted by Gasteiger charge is 2.24. The highest BCUT2D eigenvalue weighted by Crippen LogP contribution is 2.28. The molecule has 0 N–H and O–H groups in total. The Hall–Kier alpha value is -1.75. The summed E-state index contributed by atoms with van der Waals surface area (Å²) in [4.78, 5) is 15.3. The predicted molar refractivity (Wildman–Crippen MR) is 63.8 cm³/mol. The van der Waals surface area contributed by atoms with Crippen LogP contribution in [0, 0.1) is 0 Å². The Bertz CT molecular complexity index is 493. The zero-order valence-corrected chi connectivity index (χ0v) is 9.82. The summed E-state index contributed by atoms with van der Waals surface area (Å²) in [6.45, 7) is 1.14. The third-order valence-electron chi connectivity index (χ3n) is 3.27. The van der Waals surface area contributed by atoms with E-state index in [-0.39, 0.29) is 0 Å². The van der Waals surface area contributed by atoms with Gasteiger partial charge in [-0.05, 0) is 26.4 Å². The van der Waals surface area contributed by atoms with Crippen molar-refractivity contribution in [1.82, 2.24) is 24.4 Å². The van der Waals surface area contributed by atoms with Gasteiger partial charge in [-0.2, -0.15) is 0 Å². The van der Waals surface area contributed by atoms with Crippen molar-refractivity contribution in [3.05, 3.63) is 36.8 Å². The van der Waals surface area contributed by atoms with Gasteiger partial charge in [0.05, 0.1) is 24.1 Å². The Morgan fingerprint density at radius 2 is 2.24 bits per heavy atom. The maximum absolute atomic E-state index is 4.67. The van der Waals surface area contributed by atoms with Crippen LogP contribution >= 0.6 is 0 Å². The fourth-order valence-electron chi connectivity index (χ4n) is 2.33. The van der Waals surface area contributed by atoms with E-state index >= 15 is 0 Å². The SMILES string of the molecule is CN1CCC[C@@H]1c1cncc(-n2ccnc2)n1. The lowest BCUT2D eigenvalue weighted by molar-refractivity contribution is 0.311. The number of aromatic nitrogens is 4. The lowest BCUT2D eigenvalue weighted by atomic mass is 10.1. The first kappa shape index (κ1) is 10.4. The standard InChI is InChI=1S/C12H15N5/c1-16-5-2-3-11(16)10-7-14-8-12(15-10)17-6-4-13-9-17/h4,6-9,11H,2-3,5H2,1H3/t11-/m1/s1. The van der Waals surface area contributed by atoms with Crippen LogP contribution in [0.2, 0.25) is 0 Å². The molecule has 0 spiro atoms. The molecule has 5 heteroatoms. The molecule has 0 unspecified atom stereocenters. The van der Waals surface area contributed by atoms with Crippen molar-refractivity contribution in [2.75, 3.05) is 13.6 Å². The number of likely N-dealkylation sites (tertiary alicyclic amines) is 1. The van der Waals surface area contributed by atoms with E-state index in [1.807, 2.05) is 17.0 Å². The quantitative estimate of drug-likeness (QED) is 0.781. The van der Waals surface area contributed by atoms with Crippen LogP contribution in [0.3, 0.4) is 0 Å². The van der Waals surface area contributed by atoms with Crippen LogP contribution in [0.1, 0.15) is 24.6 Å². The summed E-state index contributed by atoms with van der Waals surface area (Å²) in [5.74, 6) is 0.834. The summed E-state index contributed by atoms with van der Waals surface area (Å²) in [6.07, 6.45) is 11.4. The molecule has 1 fully saturated rings. The van der Waals surface area contributed by atoms with Crippen LogP contribution in [0.4, 0.5) is 0 Å². The van der Waals surface area contributed by atoms with Gasteiger partial charge in [0.25, 0.3) is 0 Å². The number of nitrogens with zero attached hydrogens (tertiary/aromatic N) is 5. The van der Waals surface area contributed by atoms with E-state index in [9.17, 15) is 0 Å². The molecule has 0 aliphatic carbocycles. The first-order chi connectivity index (χ1) is 8.34. The highest BCUT2D eigenvalue weighted by molar-refractivity contribution is 5.21. The molecule has 0 radical (unpaired) electrons. The van der Waals surface area contributed by atoms with E-state index in [0.29, 0.717) is 6.04 Å². The zero-order valence-electron chi connectivity index (χ0n) is 9.82. The first-order valence-corrected chi connectivity index (χ1v) is 5.85. The summed E-state index contributed by atoms with van der Waals surface area (Å²) >= 11 is 0. The van der Waals surface area contributed by atoms with Crippen molar-refractivity contribution in [3.8, 4) is 5.82 Å². The van der Waals surface area contributed by atoms with E-state index < -0.39 is 0 Å². The van der Waals surface area contributed by atoms with E-state index in [2.05, 4.69) is 26.9 Å². The van der Waals surface area contributed by atoms with Crippen molar-refractivity contribution in [3.63, 3.8) is 0 Å². The molecule has 0 bridgehead atoms. The fraction of sp³-hybridized carbons (Fsp3) is 0.417. The minimum absolute atomic E-state index is 0.408. The molecule has 2 aromatic heterocycles. The highest BCUT2D eigenvalue weighted by atomic mass is 15.2. The lowest BCUT2D eigenvalue weighted by Crippen LogP contribution is -2.19. The predicted octanol–water partition coefficient (Wildman–Crippen LogP) is 1.43. The van der Waals surface area contributed by atoms with Crippen LogP contribution < -0.4 is 0 Å². The van der Waals surface area contributed by atoms with E-state index in [1.54, 1.807) is 18.7 Å². The summed E-state index contributed by atoms with van der Waals surface area (Å²) in [6, 6.07) is 0.408. The number of hydrogen-bond donors (Lipinski definition) is 0. The molecular formula is C12H15N5. The minimum Gasteiger partial charge on any atom is -0.298 e. The number of rotatable bonds is 2. The molecule has 0 amide bonds. The summed E-state index contributed by atoms with van der Waals surface area (Å²) in [7, 11) is 2.14. The maximum atomic E-state index is 4.67. The summed E-state index contributed by atoms with van der Waals surface area (Å²) in [5, 5.41) is 0. The Labute approximate surface area is 100 Å². The Morgan fingerprint density at radius 1 is 1.29 bits per heavy atom. The summed E-state index contributed by atoms with van der Waals surface area (Å²) < 4.78 is 1.88. The zero-order chi connectivity index (χ0) is 11.7. The molecule has 1 atom stereocenters. The third kappa shape index (κ3) is 1.93. The molecule has 17 heavy (non-hydrogen) atoms. The van der Waals surface area contributed by atoms with E-state index in [0.717, 1.165) is 18.1 Å². The van der Waals surface area contributed by atoms with Gasteiger partial charge in [0, 0.05) is 12.4 Å². The monoisotopic (exact) mass is 229 g/mol. The third-order valence-corrected chi connectivity index (χ3v) is 3.27. The molecular weight excluding hydrogens is 214 g/mol. The van der Waals surface area contributed by atoms with Crippen molar-refractivity contribution < 1.29 is 0 Å². The molecule has 88 valence electrons. The smallest absolute Gasteiger partial charge is 0.156 e. The molecule has 1 saturated heterocycles. The van der Waals surface area contributed by atoms with Crippen LogP contribution in [-0.2, 0) is 0 Å². The molecule has 1 aliphatic rings. The van der Waals surface area contributed by atoms with Crippen LogP contribution in [0.25, 0.3) is 5.82 Å². The molecule has 3 heterocycles. The van der Waals surface area contributed by atoms with Gasteiger partial charge in [0.2, 0.25) is 0 Å². The molecule has 0 saturated carbocycles. The van der Waals surface area contributed by atoms with Crippen LogP contribution in [0.15, 0.2) is 31.1 Å². The van der Waals surface area contributed by atoms with Crippen LogP contribution in [0.5, 0.6) is 0 Å². The second-order valence-corrected chi connectivity index (χ2v) is 4.41. The van der Waals surface area contributed by atoms with Gasteiger partial charge in [-0.3, -0.25) is 14.5 Å². The number of hydrogen-bond acceptors (Lipinski definition) is 4. The van der Waals surface area contributed by atoms with Crippen molar-refractivity contribution in [2.24, 2.45) is 0 Å². The topological polar surface area (TPSA) is 46.8 Å². The van der Waals surface area contributed by atoms with Gasteiger partial charge < -0.3 is 0 Å². The van der Waals surface area contributed by atoms with E-state index in [4.69, 9.17) is 0 Å².